The van der Waals surface area contributed by atoms with E-state index in [0.29, 0.717) is 16.8 Å². The molecule has 0 atom stereocenters. The van der Waals surface area contributed by atoms with Crippen LogP contribution in [0.25, 0.3) is 5.57 Å². The molecule has 0 saturated heterocycles. The first kappa shape index (κ1) is 23.6. The molecule has 172 valence electrons. The summed E-state index contributed by atoms with van der Waals surface area (Å²) in [6.45, 7) is 1.74. The molecule has 0 aromatic heterocycles. The average Bonchev–Trinajstić information content (AvgIpc) is 2.86. The summed E-state index contributed by atoms with van der Waals surface area (Å²) in [4.78, 5) is 45.4. The van der Waals surface area contributed by atoms with Gasteiger partial charge in [0, 0.05) is 35.1 Å². The van der Waals surface area contributed by atoms with Gasteiger partial charge in [-0.1, -0.05) is 52.3 Å². The van der Waals surface area contributed by atoms with Crippen LogP contribution >= 0.6 is 15.9 Å². The Morgan fingerprint density at radius 1 is 0.941 bits per heavy atom. The maximum Gasteiger partial charge on any atom is 0.277 e. The standard InChI is InChI=1S/C27H23BrN2O4/c1-17(31)25-24(18-7-5-4-6-8-18)23-15-22(28)14-13-21(23)16-30(25)27(33)20-11-9-19(10-12-20)26(32)29(2)34-3/h4-15H,16H2,1-3H3. The van der Waals surface area contributed by atoms with Crippen molar-refractivity contribution >= 4 is 39.1 Å². The van der Waals surface area contributed by atoms with E-state index in [2.05, 4.69) is 15.9 Å². The van der Waals surface area contributed by atoms with Crippen LogP contribution in [0.5, 0.6) is 0 Å². The molecular formula is C27H23BrN2O4. The normalized spacial score (nSPS) is 12.9. The number of amides is 2. The molecule has 0 radical (unpaired) electrons. The maximum absolute atomic E-state index is 13.6. The summed E-state index contributed by atoms with van der Waals surface area (Å²) in [6, 6.07) is 21.8. The minimum atomic E-state index is -0.324. The average molecular weight is 519 g/mol. The van der Waals surface area contributed by atoms with Crippen LogP contribution in [-0.2, 0) is 16.2 Å². The SMILES string of the molecule is CON(C)C(=O)c1ccc(C(=O)N2Cc3ccc(Br)cc3C(c3ccccc3)=C2C(C)=O)cc1. The molecule has 1 heterocycles. The fourth-order valence-electron chi connectivity index (χ4n) is 4.04. The number of ketones is 1. The number of hydrogen-bond acceptors (Lipinski definition) is 4. The Morgan fingerprint density at radius 3 is 2.21 bits per heavy atom. The molecule has 0 spiro atoms. The van der Waals surface area contributed by atoms with Crippen molar-refractivity contribution in [3.8, 4) is 0 Å². The van der Waals surface area contributed by atoms with Crippen molar-refractivity contribution in [3.05, 3.63) is 111 Å². The van der Waals surface area contributed by atoms with E-state index in [0.717, 1.165) is 31.8 Å². The third kappa shape index (κ3) is 4.44. The number of carbonyl (C=O) groups is 3. The predicted octanol–water partition coefficient (Wildman–Crippen LogP) is 5.09. The molecule has 0 N–H and O–H groups in total. The van der Waals surface area contributed by atoms with Crippen LogP contribution in [0.3, 0.4) is 0 Å². The lowest BCUT2D eigenvalue weighted by Crippen LogP contribution is -2.36. The van der Waals surface area contributed by atoms with Gasteiger partial charge in [-0.05, 0) is 53.1 Å². The van der Waals surface area contributed by atoms with Gasteiger partial charge in [0.15, 0.2) is 5.78 Å². The lowest BCUT2D eigenvalue weighted by molar-refractivity contribution is -0.114. The van der Waals surface area contributed by atoms with E-state index in [1.165, 1.54) is 26.0 Å². The number of nitrogens with zero attached hydrogens (tertiary/aromatic N) is 2. The molecule has 1 aliphatic heterocycles. The van der Waals surface area contributed by atoms with Crippen LogP contribution in [0.4, 0.5) is 0 Å². The van der Waals surface area contributed by atoms with E-state index in [9.17, 15) is 14.4 Å². The van der Waals surface area contributed by atoms with Crippen LogP contribution in [0.1, 0.15) is 44.3 Å². The second-order valence-electron chi connectivity index (χ2n) is 7.90. The number of benzene rings is 3. The first-order chi connectivity index (χ1) is 16.3. The Balaban J connectivity index is 1.82. The third-order valence-electron chi connectivity index (χ3n) is 5.76. The minimum Gasteiger partial charge on any atom is -0.300 e. The first-order valence-electron chi connectivity index (χ1n) is 10.7. The highest BCUT2D eigenvalue weighted by Gasteiger charge is 2.32. The Labute approximate surface area is 206 Å². The number of fused-ring (bicyclic) bond motifs is 1. The molecule has 0 unspecified atom stereocenters. The molecule has 3 aromatic carbocycles. The second-order valence-corrected chi connectivity index (χ2v) is 8.82. The zero-order valence-electron chi connectivity index (χ0n) is 19.0. The molecule has 0 fully saturated rings. The summed E-state index contributed by atoms with van der Waals surface area (Å²) in [7, 11) is 2.92. The molecule has 4 rings (SSSR count). The van der Waals surface area contributed by atoms with Crippen LogP contribution in [0.2, 0.25) is 0 Å². The van der Waals surface area contributed by atoms with Crippen LogP contribution in [-0.4, -0.2) is 41.7 Å². The molecule has 34 heavy (non-hydrogen) atoms. The van der Waals surface area contributed by atoms with Crippen molar-refractivity contribution in [2.75, 3.05) is 14.2 Å². The largest absolute Gasteiger partial charge is 0.300 e. The Bertz CT molecular complexity index is 1300. The molecule has 0 saturated carbocycles. The monoisotopic (exact) mass is 518 g/mol. The van der Waals surface area contributed by atoms with Gasteiger partial charge in [-0.25, -0.2) is 5.06 Å². The number of carbonyl (C=O) groups excluding carboxylic acids is 3. The van der Waals surface area contributed by atoms with E-state index in [4.69, 9.17) is 4.84 Å². The first-order valence-corrected chi connectivity index (χ1v) is 11.4. The Morgan fingerprint density at radius 2 is 1.59 bits per heavy atom. The summed E-state index contributed by atoms with van der Waals surface area (Å²) in [5.74, 6) is -0.840. The van der Waals surface area contributed by atoms with E-state index >= 15 is 0 Å². The fourth-order valence-corrected chi connectivity index (χ4v) is 4.40. The molecule has 2 amide bonds. The molecule has 0 aliphatic carbocycles. The van der Waals surface area contributed by atoms with Gasteiger partial charge < -0.3 is 0 Å². The summed E-state index contributed by atoms with van der Waals surface area (Å²) >= 11 is 3.53. The lowest BCUT2D eigenvalue weighted by Gasteiger charge is -2.33. The molecule has 7 heteroatoms. The molecular weight excluding hydrogens is 496 g/mol. The van der Waals surface area contributed by atoms with Gasteiger partial charge in [0.1, 0.15) is 0 Å². The van der Waals surface area contributed by atoms with Gasteiger partial charge in [-0.2, -0.15) is 0 Å². The van der Waals surface area contributed by atoms with E-state index in [1.54, 1.807) is 24.3 Å². The van der Waals surface area contributed by atoms with Crippen molar-refractivity contribution in [2.45, 2.75) is 13.5 Å². The summed E-state index contributed by atoms with van der Waals surface area (Å²) in [5, 5.41) is 1.11. The van der Waals surface area contributed by atoms with E-state index in [-0.39, 0.29) is 24.1 Å². The Kier molecular flexibility index (Phi) is 6.77. The Hall–Kier alpha value is -3.55. The summed E-state index contributed by atoms with van der Waals surface area (Å²) < 4.78 is 0.892. The quantitative estimate of drug-likeness (QED) is 0.441. The van der Waals surface area contributed by atoms with E-state index in [1.807, 2.05) is 48.5 Å². The topological polar surface area (TPSA) is 66.9 Å². The highest BCUT2D eigenvalue weighted by atomic mass is 79.9. The van der Waals surface area contributed by atoms with Gasteiger partial charge in [0.05, 0.1) is 19.4 Å². The lowest BCUT2D eigenvalue weighted by atomic mass is 9.87. The molecule has 3 aromatic rings. The fraction of sp³-hybridized carbons (Fsp3) is 0.148. The van der Waals surface area contributed by atoms with Crippen molar-refractivity contribution < 1.29 is 19.2 Å². The number of hydroxylamine groups is 2. The number of allylic oxidation sites excluding steroid dienone is 1. The number of Topliss-reactive ketones (excluding diaryl/α,β-unsaturated/α-hetero) is 1. The summed E-state index contributed by atoms with van der Waals surface area (Å²) in [5.41, 5.74) is 4.55. The van der Waals surface area contributed by atoms with E-state index < -0.39 is 0 Å². The van der Waals surface area contributed by atoms with Crippen LogP contribution in [0.15, 0.2) is 83.0 Å². The zero-order valence-corrected chi connectivity index (χ0v) is 20.6. The number of halogens is 1. The third-order valence-corrected chi connectivity index (χ3v) is 6.25. The minimum absolute atomic E-state index is 0.202. The summed E-state index contributed by atoms with van der Waals surface area (Å²) in [6.07, 6.45) is 0. The zero-order chi connectivity index (χ0) is 24.4. The van der Waals surface area contributed by atoms with Gasteiger partial charge in [-0.3, -0.25) is 24.1 Å². The van der Waals surface area contributed by atoms with Gasteiger partial charge in [0.2, 0.25) is 0 Å². The predicted molar refractivity (Wildman–Crippen MR) is 133 cm³/mol. The molecule has 6 nitrogen and oxygen atoms in total. The molecule has 0 bridgehead atoms. The highest BCUT2D eigenvalue weighted by molar-refractivity contribution is 9.10. The second kappa shape index (κ2) is 9.75. The molecule has 1 aliphatic rings. The van der Waals surface area contributed by atoms with Gasteiger partial charge in [-0.15, -0.1) is 0 Å². The van der Waals surface area contributed by atoms with Gasteiger partial charge in [0.25, 0.3) is 11.8 Å². The highest BCUT2D eigenvalue weighted by Crippen LogP contribution is 2.38. The van der Waals surface area contributed by atoms with Crippen molar-refractivity contribution in [1.82, 2.24) is 9.96 Å². The van der Waals surface area contributed by atoms with Crippen LogP contribution in [0, 0.1) is 0 Å². The van der Waals surface area contributed by atoms with Gasteiger partial charge >= 0.3 is 0 Å². The number of hydrogen-bond donors (Lipinski definition) is 0. The van der Waals surface area contributed by atoms with Crippen molar-refractivity contribution in [3.63, 3.8) is 0 Å². The maximum atomic E-state index is 13.6. The smallest absolute Gasteiger partial charge is 0.277 e. The van der Waals surface area contributed by atoms with Crippen molar-refractivity contribution in [2.24, 2.45) is 0 Å². The number of rotatable bonds is 5. The van der Waals surface area contributed by atoms with Crippen molar-refractivity contribution in [1.29, 1.82) is 0 Å². The van der Waals surface area contributed by atoms with Crippen LogP contribution < -0.4 is 0 Å².